The lowest BCUT2D eigenvalue weighted by Crippen LogP contribution is -2.03. The molecular formula is C33H34Br2O6. The molecular weight excluding hydrogens is 652 g/mol. The molecule has 6 nitrogen and oxygen atoms in total. The number of halogens is 2. The van der Waals surface area contributed by atoms with Gasteiger partial charge in [-0.15, -0.1) is 0 Å². The predicted octanol–water partition coefficient (Wildman–Crippen LogP) is 8.98. The first kappa shape index (κ1) is 32.2. The van der Waals surface area contributed by atoms with Crippen LogP contribution in [-0.4, -0.2) is 27.1 Å². The van der Waals surface area contributed by atoms with Crippen molar-refractivity contribution >= 4 is 38.1 Å². The molecule has 1 unspecified atom stereocenters. The number of methoxy groups -OCH3 is 2. The highest BCUT2D eigenvalue weighted by Crippen LogP contribution is 2.37. The molecule has 41 heavy (non-hydrogen) atoms. The lowest BCUT2D eigenvalue weighted by molar-refractivity contribution is 0.0756. The van der Waals surface area contributed by atoms with Crippen LogP contribution < -0.4 is 18.9 Å². The van der Waals surface area contributed by atoms with Gasteiger partial charge in [0.25, 0.3) is 0 Å². The third-order valence-corrected chi connectivity index (χ3v) is 7.40. The van der Waals surface area contributed by atoms with Crippen molar-refractivity contribution < 1.29 is 28.5 Å². The third-order valence-electron chi connectivity index (χ3n) is 6.02. The summed E-state index contributed by atoms with van der Waals surface area (Å²) >= 11 is 6.88. The first-order chi connectivity index (χ1) is 19.9. The second-order valence-electron chi connectivity index (χ2n) is 8.81. The molecule has 0 saturated heterocycles. The molecule has 0 radical (unpaired) electrons. The molecule has 0 aliphatic carbocycles. The normalized spacial score (nSPS) is 11.1. The van der Waals surface area contributed by atoms with Gasteiger partial charge in [0, 0.05) is 21.1 Å². The van der Waals surface area contributed by atoms with Gasteiger partial charge in [0.2, 0.25) is 0 Å². The maximum atomic E-state index is 10.9. The molecule has 0 aliphatic heterocycles. The van der Waals surface area contributed by atoms with Crippen molar-refractivity contribution in [1.82, 2.24) is 0 Å². The molecule has 4 aromatic rings. The number of ether oxygens (including phenoxy) is 5. The van der Waals surface area contributed by atoms with Crippen LogP contribution in [0.25, 0.3) is 0 Å². The molecule has 0 fully saturated rings. The molecule has 8 heteroatoms. The molecule has 1 atom stereocenters. The van der Waals surface area contributed by atoms with Crippen molar-refractivity contribution in [2.75, 3.05) is 20.8 Å². The molecule has 4 rings (SSSR count). The lowest BCUT2D eigenvalue weighted by atomic mass is 10.1. The van der Waals surface area contributed by atoms with E-state index in [2.05, 4.69) is 31.9 Å². The van der Waals surface area contributed by atoms with Crippen LogP contribution in [0.4, 0.5) is 0 Å². The van der Waals surface area contributed by atoms with Crippen molar-refractivity contribution in [3.63, 3.8) is 0 Å². The van der Waals surface area contributed by atoms with Gasteiger partial charge >= 0.3 is 0 Å². The molecule has 0 saturated carbocycles. The van der Waals surface area contributed by atoms with Gasteiger partial charge in [-0.05, 0) is 70.7 Å². The second-order valence-corrected chi connectivity index (χ2v) is 10.5. The molecule has 0 heterocycles. The van der Waals surface area contributed by atoms with Crippen molar-refractivity contribution in [1.29, 1.82) is 0 Å². The summed E-state index contributed by atoms with van der Waals surface area (Å²) in [7, 11) is 3.21. The van der Waals surface area contributed by atoms with Gasteiger partial charge in [-0.3, -0.25) is 4.79 Å². The van der Waals surface area contributed by atoms with E-state index in [9.17, 15) is 4.79 Å². The van der Waals surface area contributed by atoms with E-state index in [-0.39, 0.29) is 6.10 Å². The zero-order valence-electron chi connectivity index (χ0n) is 23.6. The van der Waals surface area contributed by atoms with E-state index in [4.69, 9.17) is 23.7 Å². The average Bonchev–Trinajstić information content (AvgIpc) is 3.00. The van der Waals surface area contributed by atoms with Crippen molar-refractivity contribution in [3.8, 4) is 23.0 Å². The molecule has 0 aliphatic rings. The first-order valence-corrected chi connectivity index (χ1v) is 14.6. The van der Waals surface area contributed by atoms with Crippen molar-refractivity contribution in [2.24, 2.45) is 0 Å². The molecule has 0 N–H and O–H groups in total. The Kier molecular flexibility index (Phi) is 13.2. The summed E-state index contributed by atoms with van der Waals surface area (Å²) in [6.07, 6.45) is 0.767. The summed E-state index contributed by atoms with van der Waals surface area (Å²) in [5, 5.41) is 0. The predicted molar refractivity (Wildman–Crippen MR) is 168 cm³/mol. The number of carbonyl (C=O) groups excluding carboxylic acids is 1. The maximum Gasteiger partial charge on any atom is 0.162 e. The van der Waals surface area contributed by atoms with E-state index in [1.165, 1.54) is 0 Å². The Morgan fingerprint density at radius 1 is 0.707 bits per heavy atom. The summed E-state index contributed by atoms with van der Waals surface area (Å²) in [6, 6.07) is 27.2. The van der Waals surface area contributed by atoms with Gasteiger partial charge in [-0.2, -0.15) is 0 Å². The maximum absolute atomic E-state index is 10.9. The van der Waals surface area contributed by atoms with E-state index in [0.717, 1.165) is 33.2 Å². The van der Waals surface area contributed by atoms with Gasteiger partial charge in [0.1, 0.15) is 13.2 Å². The molecule has 0 aromatic heterocycles. The van der Waals surface area contributed by atoms with E-state index >= 15 is 0 Å². The van der Waals surface area contributed by atoms with Gasteiger partial charge in [0.15, 0.2) is 29.3 Å². The average molecular weight is 686 g/mol. The number of rotatable bonds is 12. The zero-order chi connectivity index (χ0) is 29.6. The quantitative estimate of drug-likeness (QED) is 0.139. The monoisotopic (exact) mass is 684 g/mol. The minimum absolute atomic E-state index is 0.00986. The Morgan fingerprint density at radius 2 is 1.20 bits per heavy atom. The van der Waals surface area contributed by atoms with E-state index in [1.807, 2.05) is 86.6 Å². The van der Waals surface area contributed by atoms with Crippen LogP contribution in [0, 0.1) is 0 Å². The Balaban J connectivity index is 0.000000228. The third kappa shape index (κ3) is 9.63. The minimum Gasteiger partial charge on any atom is -0.493 e. The van der Waals surface area contributed by atoms with Crippen LogP contribution in [-0.2, 0) is 18.0 Å². The largest absolute Gasteiger partial charge is 0.493 e. The zero-order valence-corrected chi connectivity index (χ0v) is 26.7. The van der Waals surface area contributed by atoms with Crippen LogP contribution in [0.2, 0.25) is 0 Å². The summed E-state index contributed by atoms with van der Waals surface area (Å²) in [5.74, 6) is 2.57. The summed E-state index contributed by atoms with van der Waals surface area (Å²) in [6.45, 7) is 5.61. The number of aldehydes is 1. The van der Waals surface area contributed by atoms with Crippen LogP contribution in [0.3, 0.4) is 0 Å². The highest BCUT2D eigenvalue weighted by Gasteiger charge is 2.15. The van der Waals surface area contributed by atoms with Crippen molar-refractivity contribution in [3.05, 3.63) is 116 Å². The second kappa shape index (κ2) is 16.8. The number of hydrogen-bond donors (Lipinski definition) is 0. The van der Waals surface area contributed by atoms with Gasteiger partial charge in [0.05, 0.1) is 20.3 Å². The van der Waals surface area contributed by atoms with E-state index in [1.54, 1.807) is 26.4 Å². The molecule has 216 valence electrons. The van der Waals surface area contributed by atoms with Crippen LogP contribution in [0.5, 0.6) is 23.0 Å². The highest BCUT2D eigenvalue weighted by molar-refractivity contribution is 9.10. The smallest absolute Gasteiger partial charge is 0.162 e. The van der Waals surface area contributed by atoms with E-state index in [0.29, 0.717) is 47.1 Å². The number of hydrogen-bond acceptors (Lipinski definition) is 6. The fraction of sp³-hybridized carbons (Fsp3) is 0.242. The van der Waals surface area contributed by atoms with E-state index < -0.39 is 0 Å². The Bertz CT molecular complexity index is 1380. The molecule has 0 spiro atoms. The molecule has 0 bridgehead atoms. The lowest BCUT2D eigenvalue weighted by Gasteiger charge is -2.18. The number of carbonyl (C=O) groups is 1. The summed E-state index contributed by atoms with van der Waals surface area (Å²) in [5.41, 5.74) is 3.75. The SMILES string of the molecule is CCOC(C)c1cc(OCc2ccccc2)c(OC)cc1Br.COc1cc(Br)c(C=O)cc1OCc1ccccc1. The fourth-order valence-corrected chi connectivity index (χ4v) is 4.92. The van der Waals surface area contributed by atoms with Gasteiger partial charge in [-0.1, -0.05) is 76.6 Å². The van der Waals surface area contributed by atoms with Crippen LogP contribution in [0.15, 0.2) is 93.9 Å². The van der Waals surface area contributed by atoms with Gasteiger partial charge < -0.3 is 23.7 Å². The summed E-state index contributed by atoms with van der Waals surface area (Å²) in [4.78, 5) is 10.9. The highest BCUT2D eigenvalue weighted by atomic mass is 79.9. The van der Waals surface area contributed by atoms with Crippen LogP contribution >= 0.6 is 31.9 Å². The van der Waals surface area contributed by atoms with Crippen molar-refractivity contribution in [2.45, 2.75) is 33.2 Å². The minimum atomic E-state index is -0.00986. The standard InChI is InChI=1S/C18H21BrO3.C15H13BrO3/c1-4-21-13(2)15-10-18(17(20-3)11-16(15)19)22-12-14-8-6-5-7-9-14;1-18-14-8-13(16)12(9-17)7-15(14)19-10-11-5-3-2-4-6-11/h5-11,13H,4,12H2,1-3H3;2-9H,10H2,1H3. The number of benzene rings is 4. The van der Waals surface area contributed by atoms with Crippen LogP contribution in [0.1, 0.15) is 47.0 Å². The fourth-order valence-electron chi connectivity index (χ4n) is 3.86. The molecule has 0 amide bonds. The molecule has 4 aromatic carbocycles. The Morgan fingerprint density at radius 3 is 1.66 bits per heavy atom. The first-order valence-electron chi connectivity index (χ1n) is 13.0. The summed E-state index contributed by atoms with van der Waals surface area (Å²) < 4.78 is 29.6. The Labute approximate surface area is 258 Å². The topological polar surface area (TPSA) is 63.2 Å². The Hall–Kier alpha value is -3.33. The van der Waals surface area contributed by atoms with Gasteiger partial charge in [-0.25, -0.2) is 0 Å².